The van der Waals surface area contributed by atoms with Crippen LogP contribution in [0.3, 0.4) is 0 Å². The summed E-state index contributed by atoms with van der Waals surface area (Å²) in [5, 5.41) is 0. The van der Waals surface area contributed by atoms with Crippen molar-refractivity contribution >= 4 is 24.2 Å². The lowest BCUT2D eigenvalue weighted by atomic mass is 10.2. The third kappa shape index (κ3) is 6.83. The summed E-state index contributed by atoms with van der Waals surface area (Å²) in [5.74, 6) is -0.362. The van der Waals surface area contributed by atoms with Crippen molar-refractivity contribution in [2.45, 2.75) is 20.1 Å². The molecule has 0 N–H and O–H groups in total. The van der Waals surface area contributed by atoms with E-state index in [4.69, 9.17) is 9.47 Å². The number of benzene rings is 2. The number of nitrogens with zero attached hydrogens (tertiary/aromatic N) is 1. The van der Waals surface area contributed by atoms with Gasteiger partial charge in [0.2, 0.25) is 0 Å². The van der Waals surface area contributed by atoms with Gasteiger partial charge in [-0.15, -0.1) is 0 Å². The van der Waals surface area contributed by atoms with Gasteiger partial charge in [0.15, 0.2) is 6.23 Å². The molecule has 25 heavy (non-hydrogen) atoms. The lowest BCUT2D eigenvalue weighted by Gasteiger charge is -2.06. The molecule has 0 aliphatic heterocycles. The molecule has 0 fully saturated rings. The molecule has 0 bridgehead atoms. The minimum Gasteiger partial charge on any atom is -0.437 e. The Labute approximate surface area is 146 Å². The maximum atomic E-state index is 11.8. The third-order valence-electron chi connectivity index (χ3n) is 3.07. The second-order valence-corrected chi connectivity index (χ2v) is 5.22. The van der Waals surface area contributed by atoms with E-state index in [2.05, 4.69) is 4.99 Å². The first kappa shape index (κ1) is 18.1. The molecule has 2 aromatic carbocycles. The SMILES string of the molecule is CC(=O)Oc1ccc(C=NC(C)OC(=O)C=Cc2ccccc2)cc1. The van der Waals surface area contributed by atoms with Crippen molar-refractivity contribution in [3.05, 3.63) is 71.8 Å². The van der Waals surface area contributed by atoms with Crippen molar-refractivity contribution < 1.29 is 19.1 Å². The molecule has 2 aromatic rings. The number of rotatable bonds is 6. The molecule has 0 aliphatic rings. The molecule has 2 rings (SSSR count). The molecule has 5 nitrogen and oxygen atoms in total. The minimum atomic E-state index is -0.610. The van der Waals surface area contributed by atoms with Gasteiger partial charge in [-0.05, 0) is 48.4 Å². The van der Waals surface area contributed by atoms with Crippen LogP contribution in [0.1, 0.15) is 25.0 Å². The van der Waals surface area contributed by atoms with Gasteiger partial charge in [0.25, 0.3) is 0 Å². The summed E-state index contributed by atoms with van der Waals surface area (Å²) in [5.41, 5.74) is 1.72. The molecule has 0 heterocycles. The van der Waals surface area contributed by atoms with Gasteiger partial charge in [0.1, 0.15) is 5.75 Å². The monoisotopic (exact) mass is 337 g/mol. The predicted octanol–water partition coefficient (Wildman–Crippen LogP) is 3.63. The van der Waals surface area contributed by atoms with Crippen LogP contribution in [0.5, 0.6) is 5.75 Å². The molecule has 0 saturated carbocycles. The molecule has 1 atom stereocenters. The van der Waals surface area contributed by atoms with Crippen molar-refractivity contribution in [3.63, 3.8) is 0 Å². The van der Waals surface area contributed by atoms with E-state index in [9.17, 15) is 9.59 Å². The van der Waals surface area contributed by atoms with Gasteiger partial charge in [0, 0.05) is 19.2 Å². The Bertz CT molecular complexity index is 764. The van der Waals surface area contributed by atoms with Crippen molar-refractivity contribution in [1.29, 1.82) is 0 Å². The highest BCUT2D eigenvalue weighted by Gasteiger charge is 2.04. The van der Waals surface area contributed by atoms with Crippen molar-refractivity contribution in [2.24, 2.45) is 4.99 Å². The van der Waals surface area contributed by atoms with Crippen LogP contribution in [0.25, 0.3) is 6.08 Å². The molecule has 1 unspecified atom stereocenters. The average molecular weight is 337 g/mol. The number of aliphatic imine (C=N–C) groups is 1. The van der Waals surface area contributed by atoms with Crippen molar-refractivity contribution in [2.75, 3.05) is 0 Å². The van der Waals surface area contributed by atoms with Gasteiger partial charge in [0.05, 0.1) is 0 Å². The van der Waals surface area contributed by atoms with E-state index in [-0.39, 0.29) is 5.97 Å². The van der Waals surface area contributed by atoms with Crippen molar-refractivity contribution in [3.8, 4) is 5.75 Å². The lowest BCUT2D eigenvalue weighted by Crippen LogP contribution is -2.10. The van der Waals surface area contributed by atoms with Crippen LogP contribution in [-0.2, 0) is 14.3 Å². The number of hydrogen-bond donors (Lipinski definition) is 0. The van der Waals surface area contributed by atoms with Crippen molar-refractivity contribution in [1.82, 2.24) is 0 Å². The Morgan fingerprint density at radius 3 is 2.32 bits per heavy atom. The predicted molar refractivity (Wildman–Crippen MR) is 96.4 cm³/mol. The molecular weight excluding hydrogens is 318 g/mol. The summed E-state index contributed by atoms with van der Waals surface area (Å²) in [7, 11) is 0. The summed E-state index contributed by atoms with van der Waals surface area (Å²) in [6.07, 6.45) is 4.04. The molecule has 5 heteroatoms. The molecule has 0 spiro atoms. The van der Waals surface area contributed by atoms with Crippen LogP contribution < -0.4 is 4.74 Å². The van der Waals surface area contributed by atoms with E-state index < -0.39 is 12.2 Å². The van der Waals surface area contributed by atoms with Gasteiger partial charge in [-0.3, -0.25) is 9.79 Å². The molecule has 0 radical (unpaired) electrons. The summed E-state index contributed by atoms with van der Waals surface area (Å²) in [6, 6.07) is 16.3. The zero-order valence-electron chi connectivity index (χ0n) is 14.1. The highest BCUT2D eigenvalue weighted by atomic mass is 16.6. The largest absolute Gasteiger partial charge is 0.437 e. The van der Waals surface area contributed by atoms with E-state index in [1.165, 1.54) is 13.0 Å². The van der Waals surface area contributed by atoms with Crippen LogP contribution in [-0.4, -0.2) is 24.4 Å². The van der Waals surface area contributed by atoms with Gasteiger partial charge in [-0.2, -0.15) is 0 Å². The van der Waals surface area contributed by atoms with Gasteiger partial charge in [-0.25, -0.2) is 4.79 Å². The summed E-state index contributed by atoms with van der Waals surface area (Å²) in [4.78, 5) is 26.8. The summed E-state index contributed by atoms with van der Waals surface area (Å²) >= 11 is 0. The fourth-order valence-electron chi connectivity index (χ4n) is 1.95. The summed E-state index contributed by atoms with van der Waals surface area (Å²) < 4.78 is 10.1. The Kier molecular flexibility index (Phi) is 6.65. The Morgan fingerprint density at radius 1 is 1.00 bits per heavy atom. The normalized spacial score (nSPS) is 12.2. The van der Waals surface area contributed by atoms with Crippen LogP contribution in [0.2, 0.25) is 0 Å². The Balaban J connectivity index is 1.85. The average Bonchev–Trinajstić information content (AvgIpc) is 2.60. The fourth-order valence-corrected chi connectivity index (χ4v) is 1.95. The van der Waals surface area contributed by atoms with E-state index >= 15 is 0 Å². The number of hydrogen-bond acceptors (Lipinski definition) is 5. The topological polar surface area (TPSA) is 65.0 Å². The smallest absolute Gasteiger partial charge is 0.332 e. The van der Waals surface area contributed by atoms with Crippen LogP contribution in [0, 0.1) is 0 Å². The quantitative estimate of drug-likeness (QED) is 0.349. The van der Waals surface area contributed by atoms with E-state index in [0.717, 1.165) is 11.1 Å². The zero-order valence-corrected chi connectivity index (χ0v) is 14.1. The van der Waals surface area contributed by atoms with Crippen LogP contribution in [0.15, 0.2) is 65.7 Å². The first-order chi connectivity index (χ1) is 12.0. The maximum Gasteiger partial charge on any atom is 0.332 e. The molecule has 128 valence electrons. The van der Waals surface area contributed by atoms with Crippen LogP contribution in [0.4, 0.5) is 0 Å². The fraction of sp³-hybridized carbons (Fsp3) is 0.150. The number of carbonyl (C=O) groups excluding carboxylic acids is 2. The van der Waals surface area contributed by atoms with Gasteiger partial charge < -0.3 is 9.47 Å². The van der Waals surface area contributed by atoms with E-state index in [1.54, 1.807) is 43.5 Å². The highest BCUT2D eigenvalue weighted by Crippen LogP contribution is 2.11. The third-order valence-corrected chi connectivity index (χ3v) is 3.07. The molecule has 0 amide bonds. The molecule has 0 saturated heterocycles. The summed E-state index contributed by atoms with van der Waals surface area (Å²) in [6.45, 7) is 3.02. The van der Waals surface area contributed by atoms with E-state index in [1.807, 2.05) is 30.3 Å². The number of ether oxygens (including phenoxy) is 2. The van der Waals surface area contributed by atoms with Crippen LogP contribution >= 0.6 is 0 Å². The molecule has 0 aromatic heterocycles. The minimum absolute atomic E-state index is 0.370. The standard InChI is InChI=1S/C20H19NO4/c1-15(24-20(23)13-10-17-6-4-3-5-7-17)21-14-18-8-11-19(12-9-18)25-16(2)22/h3-15H,1-2H3. The lowest BCUT2D eigenvalue weighted by molar-refractivity contribution is -0.141. The number of carbonyl (C=O) groups is 2. The molecule has 0 aliphatic carbocycles. The second-order valence-electron chi connectivity index (χ2n) is 5.22. The van der Waals surface area contributed by atoms with Gasteiger partial charge in [-0.1, -0.05) is 30.3 Å². The second kappa shape index (κ2) is 9.17. The Morgan fingerprint density at radius 2 is 1.68 bits per heavy atom. The Hall–Kier alpha value is -3.21. The molecular formula is C20H19NO4. The number of esters is 2. The highest BCUT2D eigenvalue weighted by molar-refractivity contribution is 5.87. The van der Waals surface area contributed by atoms with E-state index in [0.29, 0.717) is 5.75 Å². The first-order valence-electron chi connectivity index (χ1n) is 7.78. The first-order valence-corrected chi connectivity index (χ1v) is 7.78. The van der Waals surface area contributed by atoms with Gasteiger partial charge >= 0.3 is 11.9 Å². The zero-order chi connectivity index (χ0) is 18.1. The maximum absolute atomic E-state index is 11.8.